The molecule has 3 rings (SSSR count). The smallest absolute Gasteiger partial charge is 0.271 e. The Morgan fingerprint density at radius 2 is 1.68 bits per heavy atom. The number of hydrogen-bond donors (Lipinski definition) is 1. The lowest BCUT2D eigenvalue weighted by Gasteiger charge is -2.11. The Balaban J connectivity index is 1.62. The molecule has 0 bridgehead atoms. The van der Waals surface area contributed by atoms with Crippen molar-refractivity contribution in [3.8, 4) is 16.9 Å². The number of non-ortho nitro benzene ring substituents is 1. The minimum Gasteiger partial charge on any atom is -0.495 e. The molecule has 6 nitrogen and oxygen atoms in total. The number of carbonyl (C=O) groups is 1. The van der Waals surface area contributed by atoms with E-state index in [0.29, 0.717) is 23.5 Å². The monoisotopic (exact) mass is 376 g/mol. The summed E-state index contributed by atoms with van der Waals surface area (Å²) in [6.45, 7) is 0.344. The number of nitro groups is 1. The molecule has 3 aromatic carbocycles. The van der Waals surface area contributed by atoms with Gasteiger partial charge in [-0.05, 0) is 17.2 Å². The van der Waals surface area contributed by atoms with E-state index >= 15 is 0 Å². The van der Waals surface area contributed by atoms with E-state index in [-0.39, 0.29) is 17.9 Å². The van der Waals surface area contributed by atoms with Gasteiger partial charge in [-0.25, -0.2) is 0 Å². The van der Waals surface area contributed by atoms with Crippen molar-refractivity contribution in [3.63, 3.8) is 0 Å². The van der Waals surface area contributed by atoms with Gasteiger partial charge < -0.3 is 10.1 Å². The summed E-state index contributed by atoms with van der Waals surface area (Å²) in [4.78, 5) is 22.9. The largest absolute Gasteiger partial charge is 0.495 e. The summed E-state index contributed by atoms with van der Waals surface area (Å²) in [5, 5.41) is 14.0. The van der Waals surface area contributed by atoms with Crippen molar-refractivity contribution in [3.05, 3.63) is 88.5 Å². The van der Waals surface area contributed by atoms with Crippen LogP contribution < -0.4 is 10.1 Å². The molecule has 0 saturated heterocycles. The second kappa shape index (κ2) is 8.81. The molecule has 0 aliphatic carbocycles. The number of methoxy groups -OCH3 is 1. The summed E-state index contributed by atoms with van der Waals surface area (Å²) in [6.07, 6.45) is 0.260. The molecule has 0 atom stereocenters. The van der Waals surface area contributed by atoms with Crippen LogP contribution in [0.4, 0.5) is 11.4 Å². The fourth-order valence-electron chi connectivity index (χ4n) is 2.88. The normalized spacial score (nSPS) is 10.3. The van der Waals surface area contributed by atoms with Crippen molar-refractivity contribution < 1.29 is 14.5 Å². The van der Waals surface area contributed by atoms with Gasteiger partial charge in [0.1, 0.15) is 5.75 Å². The van der Waals surface area contributed by atoms with E-state index in [1.807, 2.05) is 54.6 Å². The molecule has 0 aromatic heterocycles. The van der Waals surface area contributed by atoms with Gasteiger partial charge in [-0.1, -0.05) is 54.6 Å². The number of nitrogens with zero attached hydrogens (tertiary/aromatic N) is 1. The first-order valence-corrected chi connectivity index (χ1v) is 8.83. The Morgan fingerprint density at radius 1 is 1.00 bits per heavy atom. The van der Waals surface area contributed by atoms with E-state index in [0.717, 1.165) is 11.1 Å². The first kappa shape index (κ1) is 19.1. The average molecular weight is 376 g/mol. The summed E-state index contributed by atoms with van der Waals surface area (Å²) in [5.41, 5.74) is 3.24. The number of ether oxygens (including phenoxy) is 1. The van der Waals surface area contributed by atoms with Gasteiger partial charge >= 0.3 is 0 Å². The third-order valence-electron chi connectivity index (χ3n) is 4.38. The van der Waals surface area contributed by atoms with Gasteiger partial charge in [0.15, 0.2) is 5.78 Å². The maximum absolute atomic E-state index is 12.4. The molecule has 1 N–H and O–H groups in total. The first-order chi connectivity index (χ1) is 13.6. The van der Waals surface area contributed by atoms with E-state index < -0.39 is 4.92 Å². The van der Waals surface area contributed by atoms with Gasteiger partial charge in [0.05, 0.1) is 17.7 Å². The third-order valence-corrected chi connectivity index (χ3v) is 4.38. The van der Waals surface area contributed by atoms with Gasteiger partial charge in [-0.15, -0.1) is 0 Å². The minimum absolute atomic E-state index is 0.00323. The van der Waals surface area contributed by atoms with Crippen LogP contribution in [-0.4, -0.2) is 24.4 Å². The van der Waals surface area contributed by atoms with Crippen LogP contribution in [0.1, 0.15) is 16.8 Å². The fraction of sp³-hybridized carbons (Fsp3) is 0.136. The molecule has 0 aliphatic rings. The Kier molecular flexibility index (Phi) is 6.01. The predicted molar refractivity (Wildman–Crippen MR) is 109 cm³/mol. The SMILES string of the molecule is COc1ccc([N+](=O)[O-])cc1NCCC(=O)c1ccc(-c2ccccc2)cc1. The highest BCUT2D eigenvalue weighted by molar-refractivity contribution is 5.96. The Hall–Kier alpha value is -3.67. The molecule has 3 aromatic rings. The molecule has 0 aliphatic heterocycles. The number of rotatable bonds is 8. The van der Waals surface area contributed by atoms with Crippen LogP contribution in [0, 0.1) is 10.1 Å². The zero-order chi connectivity index (χ0) is 19.9. The second-order valence-corrected chi connectivity index (χ2v) is 6.19. The number of carbonyl (C=O) groups excluding carboxylic acids is 1. The van der Waals surface area contributed by atoms with Crippen LogP contribution in [0.25, 0.3) is 11.1 Å². The van der Waals surface area contributed by atoms with E-state index in [2.05, 4.69) is 5.32 Å². The lowest BCUT2D eigenvalue weighted by molar-refractivity contribution is -0.384. The molecule has 0 fully saturated rings. The van der Waals surface area contributed by atoms with Crippen molar-refractivity contribution in [2.45, 2.75) is 6.42 Å². The highest BCUT2D eigenvalue weighted by atomic mass is 16.6. The van der Waals surface area contributed by atoms with E-state index in [9.17, 15) is 14.9 Å². The number of benzene rings is 3. The van der Waals surface area contributed by atoms with Gasteiger partial charge in [0.2, 0.25) is 0 Å². The zero-order valence-electron chi connectivity index (χ0n) is 15.4. The molecule has 0 unspecified atom stereocenters. The number of Topliss-reactive ketones (excluding diaryl/α,β-unsaturated/α-hetero) is 1. The number of anilines is 1. The van der Waals surface area contributed by atoms with Crippen LogP contribution in [0.5, 0.6) is 5.75 Å². The third kappa shape index (κ3) is 4.54. The molecule has 0 saturated carbocycles. The minimum atomic E-state index is -0.468. The highest BCUT2D eigenvalue weighted by Gasteiger charge is 2.12. The molecule has 0 amide bonds. The Morgan fingerprint density at radius 3 is 2.32 bits per heavy atom. The maximum atomic E-state index is 12.4. The fourth-order valence-corrected chi connectivity index (χ4v) is 2.88. The Labute approximate surface area is 162 Å². The standard InChI is InChI=1S/C22H20N2O4/c1-28-22-12-11-19(24(26)27)15-20(22)23-14-13-21(25)18-9-7-17(8-10-18)16-5-3-2-4-6-16/h2-12,15,23H,13-14H2,1H3. The summed E-state index contributed by atoms with van der Waals surface area (Å²) in [7, 11) is 1.49. The summed E-state index contributed by atoms with van der Waals surface area (Å²) in [5.74, 6) is 0.488. The number of nitrogens with one attached hydrogen (secondary N) is 1. The van der Waals surface area contributed by atoms with E-state index in [1.165, 1.54) is 25.3 Å². The maximum Gasteiger partial charge on any atom is 0.271 e. The molecular formula is C22H20N2O4. The molecular weight excluding hydrogens is 356 g/mol. The van der Waals surface area contributed by atoms with Crippen LogP contribution >= 0.6 is 0 Å². The van der Waals surface area contributed by atoms with Crippen LogP contribution in [0.2, 0.25) is 0 Å². The lowest BCUT2D eigenvalue weighted by Crippen LogP contribution is -2.09. The molecule has 6 heteroatoms. The molecule has 142 valence electrons. The highest BCUT2D eigenvalue weighted by Crippen LogP contribution is 2.28. The van der Waals surface area contributed by atoms with Crippen LogP contribution in [0.3, 0.4) is 0 Å². The molecule has 28 heavy (non-hydrogen) atoms. The molecule has 0 radical (unpaired) electrons. The van der Waals surface area contributed by atoms with Gasteiger partial charge in [-0.3, -0.25) is 14.9 Å². The number of nitro benzene ring substituents is 1. The molecule has 0 heterocycles. The summed E-state index contributed by atoms with van der Waals surface area (Å²) < 4.78 is 5.21. The van der Waals surface area contributed by atoms with Crippen LogP contribution in [0.15, 0.2) is 72.8 Å². The summed E-state index contributed by atoms with van der Waals surface area (Å²) >= 11 is 0. The van der Waals surface area contributed by atoms with Crippen molar-refractivity contribution in [1.29, 1.82) is 0 Å². The van der Waals surface area contributed by atoms with Crippen LogP contribution in [-0.2, 0) is 0 Å². The predicted octanol–water partition coefficient (Wildman–Crippen LogP) is 4.96. The lowest BCUT2D eigenvalue weighted by atomic mass is 10.0. The van der Waals surface area contributed by atoms with Gasteiger partial charge in [0, 0.05) is 30.7 Å². The van der Waals surface area contributed by atoms with E-state index in [4.69, 9.17) is 4.74 Å². The van der Waals surface area contributed by atoms with Crippen molar-refractivity contribution in [2.24, 2.45) is 0 Å². The van der Waals surface area contributed by atoms with Crippen molar-refractivity contribution >= 4 is 17.2 Å². The van der Waals surface area contributed by atoms with Gasteiger partial charge in [0.25, 0.3) is 5.69 Å². The molecule has 0 spiro atoms. The van der Waals surface area contributed by atoms with Gasteiger partial charge in [-0.2, -0.15) is 0 Å². The summed E-state index contributed by atoms with van der Waals surface area (Å²) in [6, 6.07) is 21.8. The van der Waals surface area contributed by atoms with Crippen molar-refractivity contribution in [2.75, 3.05) is 19.0 Å². The quantitative estimate of drug-likeness (QED) is 0.341. The topological polar surface area (TPSA) is 81.5 Å². The second-order valence-electron chi connectivity index (χ2n) is 6.19. The number of hydrogen-bond acceptors (Lipinski definition) is 5. The zero-order valence-corrected chi connectivity index (χ0v) is 15.4. The first-order valence-electron chi connectivity index (χ1n) is 8.83. The van der Waals surface area contributed by atoms with E-state index in [1.54, 1.807) is 0 Å². The van der Waals surface area contributed by atoms with Crippen molar-refractivity contribution in [1.82, 2.24) is 0 Å². The Bertz CT molecular complexity index is 970. The average Bonchev–Trinajstić information content (AvgIpc) is 2.74. The number of ketones is 1.